The van der Waals surface area contributed by atoms with Crippen molar-refractivity contribution in [3.63, 3.8) is 0 Å². The first-order valence-corrected chi connectivity index (χ1v) is 13.4. The fourth-order valence-corrected chi connectivity index (χ4v) is 5.59. The maximum absolute atomic E-state index is 15.3. The van der Waals surface area contributed by atoms with Crippen LogP contribution in [-0.2, 0) is 12.8 Å². The van der Waals surface area contributed by atoms with Gasteiger partial charge in [-0.25, -0.2) is 26.7 Å². The average molecular weight is 628 g/mol. The molecule has 0 aromatic heterocycles. The summed E-state index contributed by atoms with van der Waals surface area (Å²) in [4.78, 5) is 12.7. The van der Waals surface area contributed by atoms with Crippen LogP contribution < -0.4 is 4.74 Å². The highest BCUT2D eigenvalue weighted by atomic mass is 127. The third-order valence-electron chi connectivity index (χ3n) is 6.66. The number of hydrogen-bond donors (Lipinski definition) is 0. The summed E-state index contributed by atoms with van der Waals surface area (Å²) in [6.45, 7) is 3.86. The molecule has 0 spiro atoms. The zero-order chi connectivity index (χ0) is 26.9. The van der Waals surface area contributed by atoms with Gasteiger partial charge in [-0.1, -0.05) is 57.4 Å². The van der Waals surface area contributed by atoms with Gasteiger partial charge in [-0.05, 0) is 76.2 Å². The summed E-state index contributed by atoms with van der Waals surface area (Å²) in [7, 11) is 0. The van der Waals surface area contributed by atoms with Crippen molar-refractivity contribution in [3.05, 3.63) is 85.2 Å². The van der Waals surface area contributed by atoms with E-state index in [4.69, 9.17) is 4.74 Å². The summed E-state index contributed by atoms with van der Waals surface area (Å²) in [6.07, 6.45) is -0.553. The molecule has 1 aliphatic carbocycles. The number of rotatable bonds is 8. The summed E-state index contributed by atoms with van der Waals surface area (Å²) in [6, 6.07) is 8.43. The molecule has 37 heavy (non-hydrogen) atoms. The van der Waals surface area contributed by atoms with E-state index in [9.17, 15) is 13.6 Å². The summed E-state index contributed by atoms with van der Waals surface area (Å²) in [5.74, 6) is -4.45. The number of aryl methyl sites for hydroxylation is 2. The monoisotopic (exact) mass is 628 g/mol. The molecule has 3 aromatic carbocycles. The zero-order valence-corrected chi connectivity index (χ0v) is 22.6. The molecule has 0 saturated heterocycles. The van der Waals surface area contributed by atoms with Gasteiger partial charge in [-0.15, -0.1) is 0 Å². The Bertz CT molecular complexity index is 1340. The lowest BCUT2D eigenvalue weighted by Gasteiger charge is -2.29. The lowest BCUT2D eigenvalue weighted by atomic mass is 9.81. The van der Waals surface area contributed by atoms with Crippen molar-refractivity contribution in [2.24, 2.45) is 0 Å². The van der Waals surface area contributed by atoms with Gasteiger partial charge in [0, 0.05) is 11.1 Å². The minimum Gasteiger partial charge on any atom is -0.422 e. The van der Waals surface area contributed by atoms with Gasteiger partial charge in [0.25, 0.3) is 0 Å². The van der Waals surface area contributed by atoms with E-state index in [1.54, 1.807) is 34.7 Å². The van der Waals surface area contributed by atoms with Crippen molar-refractivity contribution < 1.29 is 31.5 Å². The fourth-order valence-electron chi connectivity index (χ4n) is 4.71. The van der Waals surface area contributed by atoms with Gasteiger partial charge >= 0.3 is 5.97 Å². The maximum Gasteiger partial charge on any atom is 0.346 e. The van der Waals surface area contributed by atoms with E-state index in [1.807, 2.05) is 13.8 Å². The predicted molar refractivity (Wildman–Crippen MR) is 141 cm³/mol. The number of fused-ring (bicyclic) bond motifs is 3. The molecule has 0 aliphatic heterocycles. The molecule has 0 fully saturated rings. The lowest BCUT2D eigenvalue weighted by molar-refractivity contribution is 0.0726. The summed E-state index contributed by atoms with van der Waals surface area (Å²) < 4.78 is 80.2. The number of carbonyl (C=O) groups is 1. The van der Waals surface area contributed by atoms with E-state index in [-0.39, 0.29) is 37.1 Å². The topological polar surface area (TPSA) is 26.3 Å². The van der Waals surface area contributed by atoms with Crippen LogP contribution in [0.15, 0.2) is 36.4 Å². The highest BCUT2D eigenvalue weighted by Gasteiger charge is 2.39. The fraction of sp³-hybridized carbons (Fsp3) is 0.345. The van der Waals surface area contributed by atoms with E-state index < -0.39 is 41.3 Å². The second-order valence-electron chi connectivity index (χ2n) is 9.14. The van der Waals surface area contributed by atoms with Gasteiger partial charge in [-0.2, -0.15) is 0 Å². The molecular formula is C29H26F5IO2. The molecule has 2 nitrogen and oxygen atoms in total. The second-order valence-corrected chi connectivity index (χ2v) is 10.2. The van der Waals surface area contributed by atoms with E-state index in [0.29, 0.717) is 31.2 Å². The Morgan fingerprint density at radius 1 is 0.784 bits per heavy atom. The van der Waals surface area contributed by atoms with Crippen LogP contribution in [0.1, 0.15) is 84.5 Å². The molecule has 0 N–H and O–H groups in total. The standard InChI is InChI=1S/C29H26F5IO2/c1-3-5-6-8-16-10-12-19(25(32)24(16)31)29(36)37-20-14-13-18-17-11-9-15(7-4-2)23(30)21(17)26(33)27(34)22(18)28(20)35/h9-14,26-27H,3-8H2,1-2H3. The molecule has 2 atom stereocenters. The minimum atomic E-state index is -2.24. The number of carbonyl (C=O) groups excluding carboxylic acids is 1. The van der Waals surface area contributed by atoms with E-state index in [1.165, 1.54) is 18.2 Å². The molecule has 2 unspecified atom stereocenters. The molecule has 4 rings (SSSR count). The smallest absolute Gasteiger partial charge is 0.346 e. The molecular weight excluding hydrogens is 602 g/mol. The van der Waals surface area contributed by atoms with Crippen LogP contribution in [0, 0.1) is 21.0 Å². The Kier molecular flexibility index (Phi) is 8.56. The zero-order valence-electron chi connectivity index (χ0n) is 20.4. The Morgan fingerprint density at radius 3 is 2.11 bits per heavy atom. The number of ether oxygens (including phenoxy) is 1. The normalized spacial score (nSPS) is 16.3. The summed E-state index contributed by atoms with van der Waals surface area (Å²) >= 11 is 1.72. The SMILES string of the molecule is CCCCCc1ccc(C(=O)Oc2ccc3c(c2I)C(F)C(F)c2c-3ccc(CCC)c2F)c(F)c1F. The quantitative estimate of drug-likeness (QED) is 0.0818. The first-order chi connectivity index (χ1) is 17.7. The van der Waals surface area contributed by atoms with Gasteiger partial charge in [0.05, 0.1) is 9.13 Å². The lowest BCUT2D eigenvalue weighted by Crippen LogP contribution is -2.18. The molecule has 0 radical (unpaired) electrons. The van der Waals surface area contributed by atoms with Crippen LogP contribution in [0.25, 0.3) is 11.1 Å². The summed E-state index contributed by atoms with van der Waals surface area (Å²) in [5.41, 5.74) is 0.0295. The van der Waals surface area contributed by atoms with Crippen molar-refractivity contribution in [3.8, 4) is 16.9 Å². The Morgan fingerprint density at radius 2 is 1.41 bits per heavy atom. The Balaban J connectivity index is 1.67. The van der Waals surface area contributed by atoms with E-state index >= 15 is 13.2 Å². The maximum atomic E-state index is 15.3. The number of unbranched alkanes of at least 4 members (excludes halogenated alkanes) is 2. The highest BCUT2D eigenvalue weighted by Crippen LogP contribution is 2.52. The van der Waals surface area contributed by atoms with Crippen LogP contribution in [0.2, 0.25) is 0 Å². The molecule has 0 bridgehead atoms. The molecule has 3 aromatic rings. The Labute approximate surface area is 226 Å². The number of halogens is 6. The molecule has 0 amide bonds. The van der Waals surface area contributed by atoms with Crippen molar-refractivity contribution in [1.29, 1.82) is 0 Å². The molecule has 1 aliphatic rings. The minimum absolute atomic E-state index is 0.0773. The van der Waals surface area contributed by atoms with Gasteiger partial charge in [0.15, 0.2) is 24.0 Å². The largest absolute Gasteiger partial charge is 0.422 e. The van der Waals surface area contributed by atoms with Gasteiger partial charge in [0.2, 0.25) is 0 Å². The number of benzene rings is 3. The van der Waals surface area contributed by atoms with Crippen molar-refractivity contribution in [2.45, 2.75) is 64.7 Å². The van der Waals surface area contributed by atoms with Crippen molar-refractivity contribution >= 4 is 28.6 Å². The summed E-state index contributed by atoms with van der Waals surface area (Å²) in [5, 5.41) is 0. The molecule has 0 saturated carbocycles. The first kappa shape index (κ1) is 27.5. The van der Waals surface area contributed by atoms with Crippen LogP contribution in [0.3, 0.4) is 0 Å². The van der Waals surface area contributed by atoms with Crippen LogP contribution in [-0.4, -0.2) is 5.97 Å². The molecule has 0 heterocycles. The second kappa shape index (κ2) is 11.5. The van der Waals surface area contributed by atoms with Crippen LogP contribution >= 0.6 is 22.6 Å². The van der Waals surface area contributed by atoms with Gasteiger partial charge in [0.1, 0.15) is 11.6 Å². The predicted octanol–water partition coefficient (Wildman–Crippen LogP) is 9.31. The van der Waals surface area contributed by atoms with Crippen LogP contribution in [0.5, 0.6) is 5.75 Å². The van der Waals surface area contributed by atoms with Crippen LogP contribution in [0.4, 0.5) is 22.0 Å². The average Bonchev–Trinajstić information content (AvgIpc) is 2.87. The van der Waals surface area contributed by atoms with E-state index in [2.05, 4.69) is 0 Å². The van der Waals surface area contributed by atoms with E-state index in [0.717, 1.165) is 18.9 Å². The Hall–Kier alpha value is -2.49. The van der Waals surface area contributed by atoms with Gasteiger partial charge < -0.3 is 4.74 Å². The highest BCUT2D eigenvalue weighted by molar-refractivity contribution is 14.1. The number of hydrogen-bond acceptors (Lipinski definition) is 2. The van der Waals surface area contributed by atoms with Crippen molar-refractivity contribution in [1.82, 2.24) is 0 Å². The molecule has 8 heteroatoms. The number of alkyl halides is 2. The van der Waals surface area contributed by atoms with Gasteiger partial charge in [-0.3, -0.25) is 0 Å². The third-order valence-corrected chi connectivity index (χ3v) is 7.77. The first-order valence-electron chi connectivity index (χ1n) is 12.3. The number of esters is 1. The molecule has 196 valence electrons. The third kappa shape index (κ3) is 5.13. The van der Waals surface area contributed by atoms with Crippen molar-refractivity contribution in [2.75, 3.05) is 0 Å².